The fraction of sp³-hybridized carbons (Fsp3) is 0.476. The first-order valence-corrected chi connectivity index (χ1v) is 10.1. The summed E-state index contributed by atoms with van der Waals surface area (Å²) in [5.74, 6) is -1.22. The quantitative estimate of drug-likeness (QED) is 0.337. The molecule has 1 fully saturated rings. The standard InChI is InChI=1S/C21H28BN3O5/c1-15(2)11-17(13-23)20(26)25-10-6-9-18(25)14-30-21(27)24-19(22(28)29)12-16-7-4-3-5-8-16/h3-5,7-8,11,15,18-19,28-29H,6,9-10,12,14H2,1-2H3,(H,24,27)/b17-11+/t18-,19-/m0/s1. The molecule has 30 heavy (non-hydrogen) atoms. The molecule has 0 spiro atoms. The van der Waals surface area contributed by atoms with E-state index < -0.39 is 19.2 Å². The third kappa shape index (κ3) is 6.90. The van der Waals surface area contributed by atoms with Crippen LogP contribution in [0.1, 0.15) is 32.3 Å². The van der Waals surface area contributed by atoms with Crippen LogP contribution in [0, 0.1) is 17.2 Å². The number of ether oxygens (including phenoxy) is 1. The summed E-state index contributed by atoms with van der Waals surface area (Å²) in [6.45, 7) is 4.25. The molecule has 1 heterocycles. The summed E-state index contributed by atoms with van der Waals surface area (Å²) in [5.41, 5.74) is 0.928. The Kier molecular flexibility index (Phi) is 8.90. The third-order valence-electron chi connectivity index (χ3n) is 4.86. The predicted octanol–water partition coefficient (Wildman–Crippen LogP) is 1.43. The average Bonchev–Trinajstić information content (AvgIpc) is 3.18. The summed E-state index contributed by atoms with van der Waals surface area (Å²) in [6.07, 6.45) is 2.49. The molecule has 1 aliphatic heterocycles. The van der Waals surface area contributed by atoms with Crippen LogP contribution in [0.5, 0.6) is 0 Å². The van der Waals surface area contributed by atoms with Crippen LogP contribution in [0.2, 0.25) is 0 Å². The molecule has 1 aromatic rings. The number of nitrogens with zero attached hydrogens (tertiary/aromatic N) is 2. The van der Waals surface area contributed by atoms with Crippen LogP contribution in [0.3, 0.4) is 0 Å². The Hall–Kier alpha value is -2.83. The largest absolute Gasteiger partial charge is 0.475 e. The Labute approximate surface area is 177 Å². The third-order valence-corrected chi connectivity index (χ3v) is 4.86. The minimum atomic E-state index is -1.75. The van der Waals surface area contributed by atoms with E-state index in [0.29, 0.717) is 13.0 Å². The van der Waals surface area contributed by atoms with Crippen molar-refractivity contribution in [2.75, 3.05) is 13.2 Å². The van der Waals surface area contributed by atoms with Crippen LogP contribution in [0.25, 0.3) is 0 Å². The van der Waals surface area contributed by atoms with Crippen molar-refractivity contribution in [2.45, 2.75) is 45.1 Å². The maximum absolute atomic E-state index is 12.7. The highest BCUT2D eigenvalue weighted by molar-refractivity contribution is 6.43. The topological polar surface area (TPSA) is 123 Å². The smallest absolute Gasteiger partial charge is 0.447 e. The van der Waals surface area contributed by atoms with E-state index in [0.717, 1.165) is 12.0 Å². The molecule has 8 nitrogen and oxygen atoms in total. The molecule has 0 radical (unpaired) electrons. The zero-order valence-corrected chi connectivity index (χ0v) is 17.3. The molecule has 1 aromatic carbocycles. The Balaban J connectivity index is 1.92. The van der Waals surface area contributed by atoms with Crippen LogP contribution in [0.15, 0.2) is 42.0 Å². The zero-order valence-electron chi connectivity index (χ0n) is 17.3. The van der Waals surface area contributed by atoms with Gasteiger partial charge in [-0.05, 0) is 30.7 Å². The van der Waals surface area contributed by atoms with Crippen LogP contribution in [0.4, 0.5) is 4.79 Å². The number of benzene rings is 1. The van der Waals surface area contributed by atoms with Crippen LogP contribution in [-0.2, 0) is 16.0 Å². The Bertz CT molecular complexity index is 792. The van der Waals surface area contributed by atoms with E-state index in [9.17, 15) is 24.9 Å². The van der Waals surface area contributed by atoms with Crippen molar-refractivity contribution in [1.82, 2.24) is 10.2 Å². The van der Waals surface area contributed by atoms with Gasteiger partial charge in [0.05, 0.1) is 12.0 Å². The number of rotatable bonds is 8. The molecule has 0 aromatic heterocycles. The van der Waals surface area contributed by atoms with Gasteiger partial charge >= 0.3 is 13.2 Å². The van der Waals surface area contributed by atoms with Gasteiger partial charge in [-0.2, -0.15) is 5.26 Å². The number of nitrogens with one attached hydrogen (secondary N) is 1. The molecule has 2 atom stereocenters. The number of amides is 2. The van der Waals surface area contributed by atoms with Crippen molar-refractivity contribution < 1.29 is 24.4 Å². The molecule has 9 heteroatoms. The van der Waals surface area contributed by atoms with E-state index in [1.165, 1.54) is 0 Å². The highest BCUT2D eigenvalue weighted by Gasteiger charge is 2.32. The van der Waals surface area contributed by atoms with E-state index in [1.54, 1.807) is 11.0 Å². The van der Waals surface area contributed by atoms with Gasteiger partial charge in [0, 0.05) is 6.54 Å². The lowest BCUT2D eigenvalue weighted by Gasteiger charge is -2.25. The summed E-state index contributed by atoms with van der Waals surface area (Å²) in [6, 6.07) is 10.8. The van der Waals surface area contributed by atoms with Gasteiger partial charge < -0.3 is 25.0 Å². The molecule has 0 aliphatic carbocycles. The summed E-state index contributed by atoms with van der Waals surface area (Å²) in [5, 5.41) is 30.9. The lowest BCUT2D eigenvalue weighted by molar-refractivity contribution is -0.128. The second-order valence-corrected chi connectivity index (χ2v) is 7.68. The van der Waals surface area contributed by atoms with Gasteiger partial charge in [-0.1, -0.05) is 50.3 Å². The SMILES string of the molecule is CC(C)/C=C(\C#N)C(=O)N1CCC[C@H]1COC(=O)N[C@@H](Cc1ccccc1)B(O)O. The van der Waals surface area contributed by atoms with Gasteiger partial charge in [-0.15, -0.1) is 0 Å². The fourth-order valence-electron chi connectivity index (χ4n) is 3.38. The molecule has 1 aliphatic rings. The van der Waals surface area contributed by atoms with Gasteiger partial charge in [-0.25, -0.2) is 4.79 Å². The number of allylic oxidation sites excluding steroid dienone is 1. The number of hydrogen-bond acceptors (Lipinski definition) is 6. The van der Waals surface area contributed by atoms with Crippen molar-refractivity contribution >= 4 is 19.1 Å². The highest BCUT2D eigenvalue weighted by Crippen LogP contribution is 2.20. The van der Waals surface area contributed by atoms with Gasteiger partial charge in [0.1, 0.15) is 18.2 Å². The number of hydrogen-bond donors (Lipinski definition) is 3. The number of carbonyl (C=O) groups excluding carboxylic acids is 2. The van der Waals surface area contributed by atoms with Crippen molar-refractivity contribution in [2.24, 2.45) is 5.92 Å². The minimum Gasteiger partial charge on any atom is -0.447 e. The molecule has 160 valence electrons. The van der Waals surface area contributed by atoms with E-state index in [-0.39, 0.29) is 36.5 Å². The summed E-state index contributed by atoms with van der Waals surface area (Å²) < 4.78 is 5.25. The van der Waals surface area contributed by atoms with E-state index in [4.69, 9.17) is 4.74 Å². The Morgan fingerprint density at radius 2 is 2.07 bits per heavy atom. The second kappa shape index (κ2) is 11.4. The van der Waals surface area contributed by atoms with Gasteiger partial charge in [0.2, 0.25) is 0 Å². The first kappa shape index (κ1) is 23.5. The number of carbonyl (C=O) groups is 2. The molecule has 2 rings (SSSR count). The molecule has 1 saturated heterocycles. The monoisotopic (exact) mass is 413 g/mol. The van der Waals surface area contributed by atoms with Gasteiger partial charge in [0.25, 0.3) is 5.91 Å². The van der Waals surface area contributed by atoms with E-state index in [1.807, 2.05) is 50.2 Å². The van der Waals surface area contributed by atoms with Crippen molar-refractivity contribution in [3.8, 4) is 6.07 Å². The molecular weight excluding hydrogens is 385 g/mol. The van der Waals surface area contributed by atoms with E-state index in [2.05, 4.69) is 5.32 Å². The first-order chi connectivity index (χ1) is 14.3. The van der Waals surface area contributed by atoms with Crippen LogP contribution >= 0.6 is 0 Å². The number of nitriles is 1. The maximum atomic E-state index is 12.7. The molecule has 2 amide bonds. The van der Waals surface area contributed by atoms with Crippen molar-refractivity contribution in [3.05, 3.63) is 47.5 Å². The molecular formula is C21H28BN3O5. The van der Waals surface area contributed by atoms with E-state index >= 15 is 0 Å². The lowest BCUT2D eigenvalue weighted by atomic mass is 9.76. The first-order valence-electron chi connectivity index (χ1n) is 10.1. The predicted molar refractivity (Wildman–Crippen MR) is 112 cm³/mol. The fourth-order valence-corrected chi connectivity index (χ4v) is 3.38. The van der Waals surface area contributed by atoms with Crippen LogP contribution < -0.4 is 5.32 Å². The van der Waals surface area contributed by atoms with Crippen molar-refractivity contribution in [1.29, 1.82) is 5.26 Å². The average molecular weight is 413 g/mol. The summed E-state index contributed by atoms with van der Waals surface area (Å²) in [7, 11) is -1.75. The lowest BCUT2D eigenvalue weighted by Crippen LogP contribution is -2.49. The molecule has 0 saturated carbocycles. The normalized spacial score (nSPS) is 17.4. The second-order valence-electron chi connectivity index (χ2n) is 7.68. The summed E-state index contributed by atoms with van der Waals surface area (Å²) in [4.78, 5) is 26.4. The number of likely N-dealkylation sites (tertiary alicyclic amines) is 1. The highest BCUT2D eigenvalue weighted by atomic mass is 16.5. The number of alkyl carbamates (subject to hydrolysis) is 1. The minimum absolute atomic E-state index is 0.0302. The molecule has 0 unspecified atom stereocenters. The molecule has 0 bridgehead atoms. The van der Waals surface area contributed by atoms with Gasteiger partial charge in [0.15, 0.2) is 0 Å². The zero-order chi connectivity index (χ0) is 22.1. The van der Waals surface area contributed by atoms with Crippen molar-refractivity contribution in [3.63, 3.8) is 0 Å². The van der Waals surface area contributed by atoms with Gasteiger partial charge in [-0.3, -0.25) is 4.79 Å². The maximum Gasteiger partial charge on any atom is 0.475 e. The summed E-state index contributed by atoms with van der Waals surface area (Å²) >= 11 is 0. The molecule has 3 N–H and O–H groups in total. The Morgan fingerprint density at radius 1 is 1.37 bits per heavy atom. The Morgan fingerprint density at radius 3 is 2.67 bits per heavy atom. The van der Waals surface area contributed by atoms with Crippen LogP contribution in [-0.4, -0.2) is 59.2 Å².